The van der Waals surface area contributed by atoms with E-state index in [9.17, 15) is 34.3 Å². The van der Waals surface area contributed by atoms with Crippen molar-refractivity contribution >= 4 is 0 Å². The molecule has 11 heteroatoms. The first-order valence-corrected chi connectivity index (χ1v) is 18.5. The van der Waals surface area contributed by atoms with Crippen LogP contribution in [0.5, 0.6) is 0 Å². The largest absolute Gasteiger partial charge is 0.390 e. The molecule has 17 atom stereocenters. The van der Waals surface area contributed by atoms with Crippen molar-refractivity contribution in [2.24, 2.45) is 50.7 Å². The maximum Gasteiger partial charge on any atom is 0.353 e. The van der Waals surface area contributed by atoms with E-state index in [1.54, 1.807) is 0 Å². The molecule has 2 aliphatic heterocycles. The van der Waals surface area contributed by atoms with Gasteiger partial charge in [-0.25, -0.2) is 0 Å². The van der Waals surface area contributed by atoms with Crippen molar-refractivity contribution in [3.05, 3.63) is 0 Å². The number of hydrogen-bond acceptors (Lipinski definition) is 9. The molecule has 0 amide bonds. The van der Waals surface area contributed by atoms with E-state index in [0.29, 0.717) is 19.3 Å². The molecule has 276 valence electrons. The highest BCUT2D eigenvalue weighted by atomic mass is 19.3. The summed E-state index contributed by atoms with van der Waals surface area (Å²) in [6.45, 7) is 14.9. The molecule has 17 unspecified atom stereocenters. The summed E-state index contributed by atoms with van der Waals surface area (Å²) >= 11 is 0. The van der Waals surface area contributed by atoms with Crippen molar-refractivity contribution in [2.75, 3.05) is 6.61 Å². The number of alkyl halides is 2. The molecule has 2 spiro atoms. The van der Waals surface area contributed by atoms with Crippen molar-refractivity contribution in [1.29, 1.82) is 0 Å². The Balaban J connectivity index is 1.14. The summed E-state index contributed by atoms with van der Waals surface area (Å²) in [6.07, 6.45) is -4.37. The van der Waals surface area contributed by atoms with Gasteiger partial charge in [-0.05, 0) is 111 Å². The van der Waals surface area contributed by atoms with Gasteiger partial charge in [-0.15, -0.1) is 0 Å². The molecule has 7 fully saturated rings. The van der Waals surface area contributed by atoms with E-state index in [2.05, 4.69) is 34.6 Å². The second-order valence-electron chi connectivity index (χ2n) is 18.9. The molecule has 5 N–H and O–H groups in total. The monoisotopic (exact) mass is 686 g/mol. The average molecular weight is 687 g/mol. The Hall–Kier alpha value is -0.500. The fourth-order valence-corrected chi connectivity index (χ4v) is 13.7. The Morgan fingerprint density at radius 1 is 0.875 bits per heavy atom. The molecule has 48 heavy (non-hydrogen) atoms. The molecular formula is C37H60F2O9. The van der Waals surface area contributed by atoms with E-state index in [-0.39, 0.29) is 52.1 Å². The van der Waals surface area contributed by atoms with Crippen LogP contribution >= 0.6 is 0 Å². The highest BCUT2D eigenvalue weighted by molar-refractivity contribution is 5.33. The van der Waals surface area contributed by atoms with E-state index in [1.165, 1.54) is 13.8 Å². The van der Waals surface area contributed by atoms with Gasteiger partial charge in [-0.3, -0.25) is 0 Å². The van der Waals surface area contributed by atoms with Gasteiger partial charge >= 0.3 is 6.11 Å². The summed E-state index contributed by atoms with van der Waals surface area (Å²) < 4.78 is 52.3. The Kier molecular flexibility index (Phi) is 8.23. The lowest BCUT2D eigenvalue weighted by atomic mass is 9.41. The summed E-state index contributed by atoms with van der Waals surface area (Å²) in [4.78, 5) is 0. The van der Waals surface area contributed by atoms with E-state index < -0.39 is 66.1 Å². The predicted octanol–water partition coefficient (Wildman–Crippen LogP) is 4.39. The Morgan fingerprint density at radius 3 is 2.17 bits per heavy atom. The Morgan fingerprint density at radius 2 is 1.52 bits per heavy atom. The topological polar surface area (TPSA) is 138 Å². The van der Waals surface area contributed by atoms with Crippen LogP contribution in [0, 0.1) is 50.7 Å². The van der Waals surface area contributed by atoms with Crippen molar-refractivity contribution in [1.82, 2.24) is 0 Å². The van der Waals surface area contributed by atoms with E-state index >= 15 is 0 Å². The molecule has 0 radical (unpaired) electrons. The minimum atomic E-state index is -3.44. The van der Waals surface area contributed by atoms with Crippen LogP contribution in [0.1, 0.15) is 107 Å². The molecule has 7 aliphatic rings. The van der Waals surface area contributed by atoms with Crippen LogP contribution in [0.2, 0.25) is 0 Å². The van der Waals surface area contributed by atoms with Gasteiger partial charge in [0.1, 0.15) is 24.4 Å². The maximum atomic E-state index is 14.2. The molecule has 7 rings (SSSR count). The SMILES string of the molecule is CC1CC(C(OC(C)(F)F)C(C)(C)O)OC2C1C1(C)CCC34CC35CCC(OC3OCC(O)C(O)C3O)C(C)(C)C5CCC4C1(C)C2O. The van der Waals surface area contributed by atoms with Gasteiger partial charge < -0.3 is 44.5 Å². The summed E-state index contributed by atoms with van der Waals surface area (Å²) in [6, 6.07) is 0. The summed E-state index contributed by atoms with van der Waals surface area (Å²) in [5, 5.41) is 54.2. The minimum Gasteiger partial charge on any atom is -0.390 e. The zero-order chi connectivity index (χ0) is 35.2. The van der Waals surface area contributed by atoms with Crippen LogP contribution in [0.15, 0.2) is 0 Å². The third kappa shape index (κ3) is 4.77. The van der Waals surface area contributed by atoms with E-state index in [0.717, 1.165) is 44.9 Å². The normalized spacial score (nSPS) is 55.1. The van der Waals surface area contributed by atoms with Crippen LogP contribution in [0.3, 0.4) is 0 Å². The summed E-state index contributed by atoms with van der Waals surface area (Å²) in [7, 11) is 0. The van der Waals surface area contributed by atoms with Gasteiger partial charge in [-0.2, -0.15) is 8.78 Å². The van der Waals surface area contributed by atoms with Crippen LogP contribution in [-0.4, -0.2) is 99.0 Å². The minimum absolute atomic E-state index is 0.0551. The third-order valence-electron chi connectivity index (χ3n) is 15.9. The van der Waals surface area contributed by atoms with E-state index in [4.69, 9.17) is 18.9 Å². The number of aliphatic hydroxyl groups excluding tert-OH is 4. The van der Waals surface area contributed by atoms with Crippen molar-refractivity contribution in [3.8, 4) is 0 Å². The van der Waals surface area contributed by atoms with Gasteiger partial charge in [0.15, 0.2) is 6.29 Å². The summed E-state index contributed by atoms with van der Waals surface area (Å²) in [5.74, 6) is 0.797. The van der Waals surface area contributed by atoms with Crippen molar-refractivity contribution in [3.63, 3.8) is 0 Å². The number of fused-ring (bicyclic) bond motifs is 4. The van der Waals surface area contributed by atoms with Crippen molar-refractivity contribution < 1.29 is 53.3 Å². The second kappa shape index (κ2) is 11.0. The van der Waals surface area contributed by atoms with Crippen LogP contribution < -0.4 is 0 Å². The molecule has 2 heterocycles. The molecule has 0 aromatic heterocycles. The Labute approximate surface area is 284 Å². The molecule has 0 aromatic rings. The van der Waals surface area contributed by atoms with E-state index in [1.807, 2.05) is 0 Å². The number of aliphatic hydroxyl groups is 5. The first kappa shape index (κ1) is 35.9. The number of halogens is 2. The molecular weight excluding hydrogens is 626 g/mol. The zero-order valence-corrected chi connectivity index (χ0v) is 30.0. The third-order valence-corrected chi connectivity index (χ3v) is 15.9. The number of ether oxygens (including phenoxy) is 4. The molecule has 0 bridgehead atoms. The standard InChI is InChI=1S/C37H60F2O9/c1-18-15-20(29(32(4,5)44)48-35(8,38)39)46-27-24(18)33(6)13-14-37-17-36(37)12-11-23(47-30-26(42)25(41)19(40)16-45-30)31(2,3)21(36)9-10-22(37)34(33,7)28(27)43/h18-30,40-44H,9-17H2,1-8H3. The highest BCUT2D eigenvalue weighted by Gasteiger charge is 2.84. The van der Waals surface area contributed by atoms with Gasteiger partial charge in [0.05, 0.1) is 36.6 Å². The molecule has 5 aliphatic carbocycles. The Bertz CT molecular complexity index is 1250. The fourth-order valence-electron chi connectivity index (χ4n) is 13.7. The smallest absolute Gasteiger partial charge is 0.353 e. The molecule has 2 saturated heterocycles. The average Bonchev–Trinajstić information content (AvgIpc) is 3.61. The molecule has 9 nitrogen and oxygen atoms in total. The first-order valence-electron chi connectivity index (χ1n) is 18.5. The molecule has 5 saturated carbocycles. The lowest BCUT2D eigenvalue weighted by molar-refractivity contribution is -0.311. The second-order valence-corrected chi connectivity index (χ2v) is 18.9. The zero-order valence-electron chi connectivity index (χ0n) is 30.0. The molecule has 0 aromatic carbocycles. The summed E-state index contributed by atoms with van der Waals surface area (Å²) in [5.41, 5.74) is -2.22. The predicted molar refractivity (Wildman–Crippen MR) is 171 cm³/mol. The van der Waals surface area contributed by atoms with Gasteiger partial charge in [0, 0.05) is 12.3 Å². The highest BCUT2D eigenvalue weighted by Crippen LogP contribution is 2.89. The lowest BCUT2D eigenvalue weighted by Crippen LogP contribution is -2.61. The quantitative estimate of drug-likeness (QED) is 0.258. The van der Waals surface area contributed by atoms with Crippen LogP contribution in [0.25, 0.3) is 0 Å². The van der Waals surface area contributed by atoms with Gasteiger partial charge in [0.2, 0.25) is 0 Å². The fraction of sp³-hybridized carbons (Fsp3) is 1.00. The number of rotatable bonds is 6. The van der Waals surface area contributed by atoms with Gasteiger partial charge in [-0.1, -0.05) is 34.6 Å². The first-order chi connectivity index (χ1) is 22.0. The van der Waals surface area contributed by atoms with Crippen LogP contribution in [-0.2, 0) is 18.9 Å². The number of hydrogen-bond donors (Lipinski definition) is 5. The lowest BCUT2D eigenvalue weighted by Gasteiger charge is -2.64. The van der Waals surface area contributed by atoms with Crippen molar-refractivity contribution in [2.45, 2.75) is 174 Å². The van der Waals surface area contributed by atoms with Crippen LogP contribution in [0.4, 0.5) is 8.78 Å². The van der Waals surface area contributed by atoms with Gasteiger partial charge in [0.25, 0.3) is 0 Å². The maximum absolute atomic E-state index is 14.2.